The fourth-order valence-electron chi connectivity index (χ4n) is 2.75. The zero-order valence-corrected chi connectivity index (χ0v) is 16.0. The van der Waals surface area contributed by atoms with E-state index in [4.69, 9.17) is 0 Å². The Labute approximate surface area is 168 Å². The van der Waals surface area contributed by atoms with Crippen LogP contribution in [-0.2, 0) is 20.8 Å². The van der Waals surface area contributed by atoms with Crippen LogP contribution in [0.25, 0.3) is 6.08 Å². The third kappa shape index (κ3) is 7.57. The van der Waals surface area contributed by atoms with Gasteiger partial charge in [0.15, 0.2) is 0 Å². The van der Waals surface area contributed by atoms with Crippen molar-refractivity contribution in [1.82, 2.24) is 10.6 Å². The Bertz CT molecular complexity index is 883. The Morgan fingerprint density at radius 3 is 2.38 bits per heavy atom. The van der Waals surface area contributed by atoms with Crippen LogP contribution < -0.4 is 10.6 Å². The summed E-state index contributed by atoms with van der Waals surface area (Å²) in [4.78, 5) is 35.6. The second kappa shape index (κ2) is 10.8. The Kier molecular flexibility index (Phi) is 8.09. The van der Waals surface area contributed by atoms with Crippen molar-refractivity contribution in [2.45, 2.75) is 31.8 Å². The molecule has 0 aliphatic heterocycles. The molecule has 0 saturated heterocycles. The maximum atomic E-state index is 13.4. The topological polar surface area (TPSA) is 95.5 Å². The van der Waals surface area contributed by atoms with E-state index in [1.54, 1.807) is 18.2 Å². The van der Waals surface area contributed by atoms with E-state index < -0.39 is 35.7 Å². The summed E-state index contributed by atoms with van der Waals surface area (Å²) < 4.78 is 13.4. The molecule has 0 aliphatic rings. The lowest BCUT2D eigenvalue weighted by molar-refractivity contribution is -0.142. The predicted octanol–water partition coefficient (Wildman–Crippen LogP) is 2.55. The Hall–Kier alpha value is -3.48. The highest BCUT2D eigenvalue weighted by atomic mass is 19.1. The van der Waals surface area contributed by atoms with E-state index in [2.05, 4.69) is 10.6 Å². The summed E-state index contributed by atoms with van der Waals surface area (Å²) in [5.74, 6) is -2.75. The summed E-state index contributed by atoms with van der Waals surface area (Å²) in [5, 5.41) is 14.4. The molecule has 0 radical (unpaired) electrons. The molecule has 2 rings (SSSR count). The van der Waals surface area contributed by atoms with Crippen molar-refractivity contribution in [2.75, 3.05) is 0 Å². The van der Waals surface area contributed by atoms with Gasteiger partial charge in [-0.25, -0.2) is 9.18 Å². The number of carbonyl (C=O) groups is 3. The van der Waals surface area contributed by atoms with Crippen LogP contribution in [0.2, 0.25) is 0 Å². The van der Waals surface area contributed by atoms with E-state index in [-0.39, 0.29) is 12.8 Å². The lowest BCUT2D eigenvalue weighted by atomic mass is 10.0. The third-order valence-corrected chi connectivity index (χ3v) is 4.12. The molecule has 29 heavy (non-hydrogen) atoms. The summed E-state index contributed by atoms with van der Waals surface area (Å²) in [6, 6.07) is 12.8. The second-order valence-electron chi connectivity index (χ2n) is 6.54. The van der Waals surface area contributed by atoms with Crippen molar-refractivity contribution in [3.05, 3.63) is 77.6 Å². The molecule has 152 valence electrons. The number of amides is 2. The zero-order chi connectivity index (χ0) is 21.2. The molecule has 0 aliphatic carbocycles. The SMILES string of the molecule is CC(=O)N[C@@H](Cc1cccc(F)c1)C(=O)N[C@@H](C/C=C/c1ccccc1)C(=O)O. The standard InChI is InChI=1S/C22H23FN2O4/c1-15(26)24-20(14-17-10-5-11-18(23)13-17)21(27)25-19(22(28)29)12-6-9-16-7-3-2-4-8-16/h2-11,13,19-20H,12,14H2,1H3,(H,24,26)(H,25,27)(H,28,29)/b9-6+/t19-,20-/m0/s1. The normalized spacial score (nSPS) is 12.9. The molecule has 3 N–H and O–H groups in total. The van der Waals surface area contributed by atoms with Gasteiger partial charge in [0.2, 0.25) is 11.8 Å². The van der Waals surface area contributed by atoms with Crippen LogP contribution in [0.15, 0.2) is 60.7 Å². The Morgan fingerprint density at radius 1 is 1.03 bits per heavy atom. The summed E-state index contributed by atoms with van der Waals surface area (Å²) in [6.07, 6.45) is 3.53. The van der Waals surface area contributed by atoms with Crippen LogP contribution in [0.3, 0.4) is 0 Å². The number of benzene rings is 2. The molecule has 0 saturated carbocycles. The number of aliphatic carboxylic acids is 1. The van der Waals surface area contributed by atoms with E-state index in [1.807, 2.05) is 30.3 Å². The van der Waals surface area contributed by atoms with Crippen molar-refractivity contribution in [3.63, 3.8) is 0 Å². The highest BCUT2D eigenvalue weighted by Gasteiger charge is 2.25. The number of hydrogen-bond acceptors (Lipinski definition) is 3. The fourth-order valence-corrected chi connectivity index (χ4v) is 2.75. The second-order valence-corrected chi connectivity index (χ2v) is 6.54. The highest BCUT2D eigenvalue weighted by Crippen LogP contribution is 2.08. The number of hydrogen-bond donors (Lipinski definition) is 3. The van der Waals surface area contributed by atoms with Gasteiger partial charge >= 0.3 is 5.97 Å². The molecular weight excluding hydrogens is 375 g/mol. The first-order valence-corrected chi connectivity index (χ1v) is 9.11. The molecule has 2 aromatic rings. The van der Waals surface area contributed by atoms with Gasteiger partial charge in [0.25, 0.3) is 0 Å². The van der Waals surface area contributed by atoms with E-state index >= 15 is 0 Å². The number of carboxylic acids is 1. The smallest absolute Gasteiger partial charge is 0.326 e. The number of halogens is 1. The maximum Gasteiger partial charge on any atom is 0.326 e. The molecule has 0 heterocycles. The first-order chi connectivity index (χ1) is 13.8. The quantitative estimate of drug-likeness (QED) is 0.605. The molecule has 0 aromatic heterocycles. The minimum absolute atomic E-state index is 0.0371. The highest BCUT2D eigenvalue weighted by molar-refractivity contribution is 5.90. The van der Waals surface area contributed by atoms with Gasteiger partial charge in [-0.1, -0.05) is 54.6 Å². The number of carboxylic acid groups (broad SMARTS) is 1. The summed E-state index contributed by atoms with van der Waals surface area (Å²) in [7, 11) is 0. The maximum absolute atomic E-state index is 13.4. The average molecular weight is 398 g/mol. The number of rotatable bonds is 9. The number of nitrogens with one attached hydrogen (secondary N) is 2. The van der Waals surface area contributed by atoms with Crippen molar-refractivity contribution in [1.29, 1.82) is 0 Å². The summed E-state index contributed by atoms with van der Waals surface area (Å²) in [6.45, 7) is 1.25. The van der Waals surface area contributed by atoms with Gasteiger partial charge in [0, 0.05) is 13.3 Å². The largest absolute Gasteiger partial charge is 0.480 e. The van der Waals surface area contributed by atoms with Gasteiger partial charge in [-0.15, -0.1) is 0 Å². The average Bonchev–Trinajstić information content (AvgIpc) is 2.67. The minimum Gasteiger partial charge on any atom is -0.480 e. The molecule has 0 spiro atoms. The van der Waals surface area contributed by atoms with Crippen LogP contribution in [0.1, 0.15) is 24.5 Å². The van der Waals surface area contributed by atoms with Gasteiger partial charge in [0.05, 0.1) is 0 Å². The van der Waals surface area contributed by atoms with Gasteiger partial charge in [-0.2, -0.15) is 0 Å². The Balaban J connectivity index is 2.06. The van der Waals surface area contributed by atoms with Crippen molar-refractivity contribution < 1.29 is 23.9 Å². The molecule has 0 unspecified atom stereocenters. The van der Waals surface area contributed by atoms with Gasteiger partial charge < -0.3 is 15.7 Å². The van der Waals surface area contributed by atoms with E-state index in [1.165, 1.54) is 25.1 Å². The molecule has 7 heteroatoms. The fraction of sp³-hybridized carbons (Fsp3) is 0.227. The lowest BCUT2D eigenvalue weighted by Gasteiger charge is -2.20. The molecule has 0 fully saturated rings. The first-order valence-electron chi connectivity index (χ1n) is 9.11. The molecule has 2 amide bonds. The molecule has 6 nitrogen and oxygen atoms in total. The van der Waals surface area contributed by atoms with Crippen LogP contribution in [0, 0.1) is 5.82 Å². The molecule has 2 aromatic carbocycles. The van der Waals surface area contributed by atoms with Crippen molar-refractivity contribution in [3.8, 4) is 0 Å². The summed E-state index contributed by atoms with van der Waals surface area (Å²) in [5.41, 5.74) is 1.42. The van der Waals surface area contributed by atoms with Crippen LogP contribution in [0.4, 0.5) is 4.39 Å². The van der Waals surface area contributed by atoms with Gasteiger partial charge in [0.1, 0.15) is 17.9 Å². The molecule has 2 atom stereocenters. The van der Waals surface area contributed by atoms with Crippen LogP contribution in [-0.4, -0.2) is 35.0 Å². The Morgan fingerprint density at radius 2 is 1.76 bits per heavy atom. The van der Waals surface area contributed by atoms with E-state index in [9.17, 15) is 23.9 Å². The first kappa shape index (κ1) is 21.8. The lowest BCUT2D eigenvalue weighted by Crippen LogP contribution is -2.52. The van der Waals surface area contributed by atoms with Gasteiger partial charge in [-0.05, 0) is 29.7 Å². The van der Waals surface area contributed by atoms with Crippen molar-refractivity contribution >= 4 is 23.9 Å². The van der Waals surface area contributed by atoms with E-state index in [0.717, 1.165) is 5.56 Å². The molecular formula is C22H23FN2O4. The zero-order valence-electron chi connectivity index (χ0n) is 16.0. The van der Waals surface area contributed by atoms with E-state index in [0.29, 0.717) is 5.56 Å². The minimum atomic E-state index is -1.19. The van der Waals surface area contributed by atoms with Crippen molar-refractivity contribution in [2.24, 2.45) is 0 Å². The van der Waals surface area contributed by atoms with Crippen LogP contribution >= 0.6 is 0 Å². The number of carbonyl (C=O) groups excluding carboxylic acids is 2. The monoisotopic (exact) mass is 398 g/mol. The third-order valence-electron chi connectivity index (χ3n) is 4.12. The predicted molar refractivity (Wildman–Crippen MR) is 107 cm³/mol. The summed E-state index contributed by atoms with van der Waals surface area (Å²) >= 11 is 0. The van der Waals surface area contributed by atoms with Gasteiger partial charge in [-0.3, -0.25) is 9.59 Å². The molecule has 0 bridgehead atoms. The van der Waals surface area contributed by atoms with Crippen LogP contribution in [0.5, 0.6) is 0 Å².